The summed E-state index contributed by atoms with van der Waals surface area (Å²) in [4.78, 5) is 14.2. The van der Waals surface area contributed by atoms with Crippen LogP contribution in [0.3, 0.4) is 0 Å². The number of halogens is 1. The summed E-state index contributed by atoms with van der Waals surface area (Å²) in [5, 5.41) is 13.7. The van der Waals surface area contributed by atoms with Crippen molar-refractivity contribution in [2.24, 2.45) is 0 Å². The maximum absolute atomic E-state index is 12.5. The lowest BCUT2D eigenvalue weighted by atomic mass is 10.2. The van der Waals surface area contributed by atoms with Crippen LogP contribution in [0.2, 0.25) is 5.02 Å². The van der Waals surface area contributed by atoms with E-state index in [-0.39, 0.29) is 5.91 Å². The number of thiophene rings is 1. The highest BCUT2D eigenvalue weighted by molar-refractivity contribution is 7.98. The number of anilines is 1. The van der Waals surface area contributed by atoms with E-state index in [0.717, 1.165) is 15.1 Å². The zero-order chi connectivity index (χ0) is 17.9. The molecule has 2 aromatic carbocycles. The van der Waals surface area contributed by atoms with E-state index in [0.29, 0.717) is 20.8 Å². The van der Waals surface area contributed by atoms with Gasteiger partial charge in [-0.15, -0.1) is 33.3 Å². The summed E-state index contributed by atoms with van der Waals surface area (Å²) < 4.78 is 0.986. The predicted octanol–water partition coefficient (Wildman–Crippen LogP) is 5.95. The molecule has 0 atom stereocenters. The van der Waals surface area contributed by atoms with E-state index in [2.05, 4.69) is 27.6 Å². The Morgan fingerprint density at radius 2 is 1.81 bits per heavy atom. The van der Waals surface area contributed by atoms with Crippen molar-refractivity contribution in [1.29, 1.82) is 0 Å². The van der Waals surface area contributed by atoms with Gasteiger partial charge in [0.05, 0.1) is 10.8 Å². The molecule has 8 heteroatoms. The monoisotopic (exact) mass is 417 g/mol. The Morgan fingerprint density at radius 1 is 1.04 bits per heavy atom. The van der Waals surface area contributed by atoms with E-state index in [9.17, 15) is 4.79 Å². The third-order valence-electron chi connectivity index (χ3n) is 3.53. The fraction of sp³-hybridized carbons (Fsp3) is 0.0556. The minimum atomic E-state index is -0.255. The van der Waals surface area contributed by atoms with Crippen LogP contribution < -0.4 is 5.32 Å². The van der Waals surface area contributed by atoms with E-state index in [1.165, 1.54) is 27.6 Å². The van der Waals surface area contributed by atoms with Crippen LogP contribution in [-0.2, 0) is 5.75 Å². The number of fused-ring (bicyclic) bond motifs is 1. The lowest BCUT2D eigenvalue weighted by Crippen LogP contribution is -2.10. The molecule has 0 spiro atoms. The second kappa shape index (κ2) is 7.75. The van der Waals surface area contributed by atoms with Crippen LogP contribution in [0.15, 0.2) is 59.5 Å². The number of hydrogen-bond donors (Lipinski definition) is 1. The molecule has 0 bridgehead atoms. The lowest BCUT2D eigenvalue weighted by Gasteiger charge is -1.98. The Labute approximate surface area is 167 Å². The van der Waals surface area contributed by atoms with Crippen LogP contribution in [0, 0.1) is 0 Å². The van der Waals surface area contributed by atoms with Crippen LogP contribution in [-0.4, -0.2) is 16.1 Å². The molecule has 0 saturated heterocycles. The lowest BCUT2D eigenvalue weighted by molar-refractivity contribution is 0.103. The smallest absolute Gasteiger partial charge is 0.269 e. The van der Waals surface area contributed by atoms with Crippen molar-refractivity contribution in [3.05, 3.63) is 69.5 Å². The minimum Gasteiger partial charge on any atom is -0.296 e. The molecule has 1 N–H and O–H groups in total. The average molecular weight is 418 g/mol. The normalized spacial score (nSPS) is 11.0. The Balaban J connectivity index is 1.44. The first-order valence-corrected chi connectivity index (χ1v) is 10.7. The summed E-state index contributed by atoms with van der Waals surface area (Å²) in [6.45, 7) is 0. The molecule has 0 aliphatic heterocycles. The molecular weight excluding hydrogens is 406 g/mol. The van der Waals surface area contributed by atoms with E-state index in [4.69, 9.17) is 11.6 Å². The van der Waals surface area contributed by atoms with Gasteiger partial charge in [-0.05, 0) is 18.2 Å². The van der Waals surface area contributed by atoms with Gasteiger partial charge in [0.2, 0.25) is 5.13 Å². The first-order chi connectivity index (χ1) is 12.7. The number of nitrogens with zero attached hydrogens (tertiary/aromatic N) is 2. The van der Waals surface area contributed by atoms with Crippen molar-refractivity contribution < 1.29 is 4.79 Å². The molecule has 0 unspecified atom stereocenters. The van der Waals surface area contributed by atoms with Gasteiger partial charge in [0, 0.05) is 15.0 Å². The van der Waals surface area contributed by atoms with Gasteiger partial charge in [0.15, 0.2) is 0 Å². The van der Waals surface area contributed by atoms with Gasteiger partial charge in [0.1, 0.15) is 9.88 Å². The molecule has 4 rings (SSSR count). The van der Waals surface area contributed by atoms with Gasteiger partial charge in [-0.1, -0.05) is 59.3 Å². The van der Waals surface area contributed by atoms with Crippen molar-refractivity contribution in [1.82, 2.24) is 10.2 Å². The summed E-state index contributed by atoms with van der Waals surface area (Å²) in [5.41, 5.74) is 0. The van der Waals surface area contributed by atoms with Gasteiger partial charge in [0.25, 0.3) is 5.91 Å². The summed E-state index contributed by atoms with van der Waals surface area (Å²) in [5.74, 6) is 0.455. The fourth-order valence-electron chi connectivity index (χ4n) is 2.34. The summed E-state index contributed by atoms with van der Waals surface area (Å²) in [7, 11) is 0. The number of benzene rings is 2. The molecule has 0 radical (unpaired) electrons. The highest BCUT2D eigenvalue weighted by Crippen LogP contribution is 2.35. The van der Waals surface area contributed by atoms with Gasteiger partial charge in [-0.3, -0.25) is 10.1 Å². The molecule has 4 nitrogen and oxygen atoms in total. The minimum absolute atomic E-state index is 0.255. The largest absolute Gasteiger partial charge is 0.296 e. The molecule has 1 amide bonds. The SMILES string of the molecule is O=C(Nc1nnc(CSc2ccccc2)s1)c1sc2ccccc2c1Cl. The Kier molecular flexibility index (Phi) is 5.21. The van der Waals surface area contributed by atoms with E-state index in [1.54, 1.807) is 11.8 Å². The maximum atomic E-state index is 12.5. The molecule has 2 heterocycles. The average Bonchev–Trinajstić information content (AvgIpc) is 3.25. The van der Waals surface area contributed by atoms with Crippen molar-refractivity contribution in [3.63, 3.8) is 0 Å². The van der Waals surface area contributed by atoms with E-state index < -0.39 is 0 Å². The number of nitrogens with one attached hydrogen (secondary N) is 1. The maximum Gasteiger partial charge on any atom is 0.269 e. The van der Waals surface area contributed by atoms with Crippen LogP contribution in [0.25, 0.3) is 10.1 Å². The Morgan fingerprint density at radius 3 is 2.62 bits per heavy atom. The summed E-state index contributed by atoms with van der Waals surface area (Å²) >= 11 is 10.8. The van der Waals surface area contributed by atoms with Crippen molar-refractivity contribution in [3.8, 4) is 0 Å². The molecule has 0 aliphatic carbocycles. The fourth-order valence-corrected chi connectivity index (χ4v) is 5.39. The van der Waals surface area contributed by atoms with Crippen molar-refractivity contribution >= 4 is 67.2 Å². The molecule has 130 valence electrons. The number of carbonyl (C=O) groups is 1. The topological polar surface area (TPSA) is 54.9 Å². The first kappa shape index (κ1) is 17.5. The summed E-state index contributed by atoms with van der Waals surface area (Å²) in [6.07, 6.45) is 0. The number of aromatic nitrogens is 2. The van der Waals surface area contributed by atoms with Crippen LogP contribution in [0.4, 0.5) is 5.13 Å². The van der Waals surface area contributed by atoms with E-state index >= 15 is 0 Å². The van der Waals surface area contributed by atoms with Gasteiger partial charge >= 0.3 is 0 Å². The van der Waals surface area contributed by atoms with Gasteiger partial charge in [-0.25, -0.2) is 0 Å². The molecular formula is C18H12ClN3OS3. The zero-order valence-electron chi connectivity index (χ0n) is 13.3. The second-order valence-electron chi connectivity index (χ2n) is 5.30. The third kappa shape index (κ3) is 3.76. The van der Waals surface area contributed by atoms with E-state index in [1.807, 2.05) is 42.5 Å². The number of amides is 1. The number of rotatable bonds is 5. The predicted molar refractivity (Wildman–Crippen MR) is 111 cm³/mol. The molecule has 0 aliphatic rings. The van der Waals surface area contributed by atoms with Gasteiger partial charge in [-0.2, -0.15) is 0 Å². The molecule has 2 aromatic heterocycles. The van der Waals surface area contributed by atoms with Crippen molar-refractivity contribution in [2.75, 3.05) is 5.32 Å². The highest BCUT2D eigenvalue weighted by atomic mass is 35.5. The Hall–Kier alpha value is -1.93. The first-order valence-electron chi connectivity index (χ1n) is 7.69. The van der Waals surface area contributed by atoms with Crippen LogP contribution in [0.1, 0.15) is 14.7 Å². The second-order valence-corrected chi connectivity index (χ2v) is 8.84. The molecule has 0 saturated carbocycles. The van der Waals surface area contributed by atoms with Crippen LogP contribution in [0.5, 0.6) is 0 Å². The standard InChI is InChI=1S/C18H12ClN3OS3/c19-15-12-8-4-5-9-13(12)25-16(15)17(23)20-18-22-21-14(26-18)10-24-11-6-2-1-3-7-11/h1-9H,10H2,(H,20,22,23). The summed E-state index contributed by atoms with van der Waals surface area (Å²) in [6, 6.07) is 17.8. The number of thioether (sulfide) groups is 1. The van der Waals surface area contributed by atoms with Crippen LogP contribution >= 0.6 is 46.0 Å². The highest BCUT2D eigenvalue weighted by Gasteiger charge is 2.18. The molecule has 4 aromatic rings. The zero-order valence-corrected chi connectivity index (χ0v) is 16.5. The number of hydrogen-bond acceptors (Lipinski definition) is 6. The third-order valence-corrected chi connectivity index (χ3v) is 7.25. The quantitative estimate of drug-likeness (QED) is 0.407. The molecule has 0 fully saturated rings. The number of carbonyl (C=O) groups excluding carboxylic acids is 1. The molecule has 26 heavy (non-hydrogen) atoms. The van der Waals surface area contributed by atoms with Crippen molar-refractivity contribution in [2.45, 2.75) is 10.6 Å². The van der Waals surface area contributed by atoms with Gasteiger partial charge < -0.3 is 0 Å². The Bertz CT molecular complexity index is 1060.